The summed E-state index contributed by atoms with van der Waals surface area (Å²) in [7, 11) is 1.72. The van der Waals surface area contributed by atoms with Gasteiger partial charge in [-0.25, -0.2) is 0 Å². The number of benzene rings is 1. The Labute approximate surface area is 104 Å². The molecule has 0 aliphatic rings. The Hall–Kier alpha value is -1.06. The Morgan fingerprint density at radius 1 is 1.24 bits per heavy atom. The molecule has 17 heavy (non-hydrogen) atoms. The van der Waals surface area contributed by atoms with Crippen LogP contribution in [-0.4, -0.2) is 25.4 Å². The molecule has 0 unspecified atom stereocenters. The van der Waals surface area contributed by atoms with Crippen LogP contribution in [0.2, 0.25) is 0 Å². The van der Waals surface area contributed by atoms with Crippen LogP contribution in [-0.2, 0) is 6.54 Å². The first-order valence-corrected chi connectivity index (χ1v) is 6.07. The maximum absolute atomic E-state index is 8.72. The van der Waals surface area contributed by atoms with Gasteiger partial charge in [-0.3, -0.25) is 0 Å². The molecule has 3 nitrogen and oxygen atoms in total. The summed E-state index contributed by atoms with van der Waals surface area (Å²) in [5.74, 6) is 0.988. The molecule has 0 aliphatic carbocycles. The highest BCUT2D eigenvalue weighted by Gasteiger charge is 2.09. The van der Waals surface area contributed by atoms with Crippen LogP contribution in [0, 0.1) is 20.8 Å². The first-order chi connectivity index (χ1) is 8.11. The molecule has 0 saturated carbocycles. The maximum atomic E-state index is 8.72. The number of nitrogens with one attached hydrogen (secondary N) is 1. The fourth-order valence-electron chi connectivity index (χ4n) is 2.07. The second-order valence-corrected chi connectivity index (χ2v) is 4.39. The van der Waals surface area contributed by atoms with Gasteiger partial charge in [-0.15, -0.1) is 0 Å². The quantitative estimate of drug-likeness (QED) is 0.744. The summed E-state index contributed by atoms with van der Waals surface area (Å²) in [4.78, 5) is 0. The highest BCUT2D eigenvalue weighted by molar-refractivity contribution is 5.48. The predicted molar refractivity (Wildman–Crippen MR) is 70.6 cm³/mol. The monoisotopic (exact) mass is 237 g/mol. The zero-order valence-electron chi connectivity index (χ0n) is 11.3. The van der Waals surface area contributed by atoms with Gasteiger partial charge in [0.2, 0.25) is 0 Å². The van der Waals surface area contributed by atoms with Gasteiger partial charge in [-0.1, -0.05) is 6.07 Å². The van der Waals surface area contributed by atoms with Gasteiger partial charge in [0.15, 0.2) is 0 Å². The van der Waals surface area contributed by atoms with E-state index in [2.05, 4.69) is 32.2 Å². The molecule has 1 aromatic carbocycles. The molecule has 0 saturated heterocycles. The summed E-state index contributed by atoms with van der Waals surface area (Å²) in [6.45, 7) is 8.23. The summed E-state index contributed by atoms with van der Waals surface area (Å²) < 4.78 is 5.40. The van der Waals surface area contributed by atoms with Crippen LogP contribution in [0.25, 0.3) is 0 Å². The number of methoxy groups -OCH3 is 1. The van der Waals surface area contributed by atoms with E-state index in [1.54, 1.807) is 7.11 Å². The molecule has 96 valence electrons. The van der Waals surface area contributed by atoms with E-state index in [-0.39, 0.29) is 6.61 Å². The lowest BCUT2D eigenvalue weighted by Crippen LogP contribution is -2.17. The van der Waals surface area contributed by atoms with E-state index >= 15 is 0 Å². The second-order valence-electron chi connectivity index (χ2n) is 4.39. The predicted octanol–water partition coefficient (Wildman–Crippen LogP) is 2.09. The van der Waals surface area contributed by atoms with Gasteiger partial charge in [-0.05, 0) is 56.0 Å². The fourth-order valence-corrected chi connectivity index (χ4v) is 2.07. The van der Waals surface area contributed by atoms with Crippen molar-refractivity contribution < 1.29 is 9.84 Å². The molecule has 2 N–H and O–H groups in total. The van der Waals surface area contributed by atoms with Gasteiger partial charge in [-0.2, -0.15) is 0 Å². The minimum Gasteiger partial charge on any atom is -0.496 e. The molecule has 0 amide bonds. The largest absolute Gasteiger partial charge is 0.496 e. The zero-order valence-corrected chi connectivity index (χ0v) is 11.3. The summed E-state index contributed by atoms with van der Waals surface area (Å²) in [6, 6.07) is 2.17. The van der Waals surface area contributed by atoms with Gasteiger partial charge in [0.05, 0.1) is 7.11 Å². The normalized spacial score (nSPS) is 10.6. The van der Waals surface area contributed by atoms with Crippen molar-refractivity contribution in [2.24, 2.45) is 0 Å². The van der Waals surface area contributed by atoms with Crippen LogP contribution in [0.15, 0.2) is 6.07 Å². The molecule has 0 aliphatic heterocycles. The molecule has 0 bridgehead atoms. The number of rotatable bonds is 6. The number of aryl methyl sites for hydroxylation is 1. The molecule has 3 heteroatoms. The van der Waals surface area contributed by atoms with Crippen LogP contribution in [0.4, 0.5) is 0 Å². The highest BCUT2D eigenvalue weighted by atomic mass is 16.5. The lowest BCUT2D eigenvalue weighted by Gasteiger charge is -2.16. The third-order valence-electron chi connectivity index (χ3n) is 3.16. The van der Waals surface area contributed by atoms with Crippen LogP contribution in [0.1, 0.15) is 28.7 Å². The molecule has 0 spiro atoms. The van der Waals surface area contributed by atoms with E-state index in [0.717, 1.165) is 25.3 Å². The topological polar surface area (TPSA) is 41.5 Å². The SMILES string of the molecule is COc1c(C)cc(CNCCCO)c(C)c1C. The number of aliphatic hydroxyl groups excluding tert-OH is 1. The van der Waals surface area contributed by atoms with Crippen LogP contribution >= 0.6 is 0 Å². The van der Waals surface area contributed by atoms with E-state index in [4.69, 9.17) is 9.84 Å². The van der Waals surface area contributed by atoms with Crippen molar-refractivity contribution >= 4 is 0 Å². The average molecular weight is 237 g/mol. The molecule has 0 fully saturated rings. The Morgan fingerprint density at radius 3 is 2.53 bits per heavy atom. The molecule has 0 atom stereocenters. The number of aliphatic hydroxyl groups is 1. The second kappa shape index (κ2) is 6.62. The van der Waals surface area contributed by atoms with Gasteiger partial charge < -0.3 is 15.2 Å². The molecular weight excluding hydrogens is 214 g/mol. The minimum atomic E-state index is 0.243. The minimum absolute atomic E-state index is 0.243. The number of ether oxygens (including phenoxy) is 1. The van der Waals surface area contributed by atoms with E-state index in [0.29, 0.717) is 0 Å². The molecule has 1 rings (SSSR count). The smallest absolute Gasteiger partial charge is 0.124 e. The average Bonchev–Trinajstić information content (AvgIpc) is 2.31. The van der Waals surface area contributed by atoms with Crippen molar-refractivity contribution in [1.29, 1.82) is 0 Å². The summed E-state index contributed by atoms with van der Waals surface area (Å²) in [5.41, 5.74) is 4.98. The first kappa shape index (κ1) is 14.0. The lowest BCUT2D eigenvalue weighted by molar-refractivity contribution is 0.286. The first-order valence-electron chi connectivity index (χ1n) is 6.07. The Kier molecular flexibility index (Phi) is 5.45. The van der Waals surface area contributed by atoms with Crippen molar-refractivity contribution in [3.63, 3.8) is 0 Å². The molecule has 1 aromatic rings. The van der Waals surface area contributed by atoms with E-state index < -0.39 is 0 Å². The molecule has 0 radical (unpaired) electrons. The van der Waals surface area contributed by atoms with Gasteiger partial charge >= 0.3 is 0 Å². The summed E-state index contributed by atoms with van der Waals surface area (Å²) >= 11 is 0. The standard InChI is InChI=1S/C14H23NO2/c1-10-8-13(9-15-6-5-7-16)11(2)12(3)14(10)17-4/h8,15-16H,5-7,9H2,1-4H3. The Morgan fingerprint density at radius 2 is 1.94 bits per heavy atom. The fraction of sp³-hybridized carbons (Fsp3) is 0.571. The number of hydrogen-bond acceptors (Lipinski definition) is 3. The molecular formula is C14H23NO2. The highest BCUT2D eigenvalue weighted by Crippen LogP contribution is 2.28. The summed E-state index contributed by atoms with van der Waals surface area (Å²) in [5, 5.41) is 12.1. The summed E-state index contributed by atoms with van der Waals surface area (Å²) in [6.07, 6.45) is 0.799. The van der Waals surface area contributed by atoms with Crippen LogP contribution < -0.4 is 10.1 Å². The molecule has 0 heterocycles. The zero-order chi connectivity index (χ0) is 12.8. The van der Waals surface area contributed by atoms with Crippen molar-refractivity contribution in [3.8, 4) is 5.75 Å². The third-order valence-corrected chi connectivity index (χ3v) is 3.16. The Balaban J connectivity index is 2.80. The van der Waals surface area contributed by atoms with Crippen molar-refractivity contribution in [2.75, 3.05) is 20.3 Å². The van der Waals surface area contributed by atoms with Crippen LogP contribution in [0.5, 0.6) is 5.75 Å². The van der Waals surface area contributed by atoms with E-state index in [1.165, 1.54) is 22.3 Å². The van der Waals surface area contributed by atoms with Gasteiger partial charge in [0, 0.05) is 13.2 Å². The lowest BCUT2D eigenvalue weighted by atomic mass is 9.98. The van der Waals surface area contributed by atoms with Crippen molar-refractivity contribution in [3.05, 3.63) is 28.3 Å². The van der Waals surface area contributed by atoms with Gasteiger partial charge in [0.25, 0.3) is 0 Å². The maximum Gasteiger partial charge on any atom is 0.124 e. The van der Waals surface area contributed by atoms with E-state index in [1.807, 2.05) is 0 Å². The molecule has 0 aromatic heterocycles. The van der Waals surface area contributed by atoms with Crippen molar-refractivity contribution in [1.82, 2.24) is 5.32 Å². The van der Waals surface area contributed by atoms with E-state index in [9.17, 15) is 0 Å². The van der Waals surface area contributed by atoms with Crippen molar-refractivity contribution in [2.45, 2.75) is 33.7 Å². The number of hydrogen-bond donors (Lipinski definition) is 2. The van der Waals surface area contributed by atoms with Gasteiger partial charge in [0.1, 0.15) is 5.75 Å². The Bertz CT molecular complexity index is 375. The third kappa shape index (κ3) is 3.45. The van der Waals surface area contributed by atoms with Crippen LogP contribution in [0.3, 0.4) is 0 Å².